The number of hydrogen-bond acceptors (Lipinski definition) is 5. The third-order valence-electron chi connectivity index (χ3n) is 1.88. The number of methoxy groups -OCH3 is 1. The molecule has 2 amide bonds. The van der Waals surface area contributed by atoms with E-state index in [1.807, 2.05) is 0 Å². The van der Waals surface area contributed by atoms with Crippen molar-refractivity contribution in [3.63, 3.8) is 0 Å². The Morgan fingerprint density at radius 2 is 1.74 bits per heavy atom. The van der Waals surface area contributed by atoms with Gasteiger partial charge in [0.25, 0.3) is 0 Å². The lowest BCUT2D eigenvalue weighted by molar-refractivity contribution is -0.120. The van der Waals surface area contributed by atoms with Gasteiger partial charge in [0.05, 0.1) is 13.2 Å². The number of nitrogens with one attached hydrogen (secondary N) is 3. The number of hydrogen-bond donors (Lipinski definition) is 3. The van der Waals surface area contributed by atoms with Gasteiger partial charge >= 0.3 is 6.09 Å². The zero-order valence-corrected chi connectivity index (χ0v) is 12.2. The van der Waals surface area contributed by atoms with Crippen LogP contribution in [-0.2, 0) is 14.3 Å². The molecule has 0 saturated heterocycles. The summed E-state index contributed by atoms with van der Waals surface area (Å²) in [6.45, 7) is 7.50. The topological polar surface area (TPSA) is 88.7 Å². The van der Waals surface area contributed by atoms with E-state index in [9.17, 15) is 9.59 Å². The van der Waals surface area contributed by atoms with E-state index in [-0.39, 0.29) is 12.5 Å². The Bertz CT molecular complexity index is 277. The molecule has 0 aliphatic carbocycles. The van der Waals surface area contributed by atoms with Crippen LogP contribution in [0.25, 0.3) is 0 Å². The standard InChI is InChI=1S/C12H25N3O4/c1-12(2,3)19-11(17)15-6-5-13-9-10(16)14-7-8-18-4/h13H,5-9H2,1-4H3,(H,14,16)(H,15,17). The minimum atomic E-state index is -0.501. The van der Waals surface area contributed by atoms with E-state index in [0.717, 1.165) is 0 Å². The quantitative estimate of drug-likeness (QED) is 0.537. The van der Waals surface area contributed by atoms with E-state index < -0.39 is 11.7 Å². The summed E-state index contributed by atoms with van der Waals surface area (Å²) in [5.41, 5.74) is -0.501. The maximum atomic E-state index is 11.3. The van der Waals surface area contributed by atoms with Gasteiger partial charge in [-0.2, -0.15) is 0 Å². The van der Waals surface area contributed by atoms with Crippen molar-refractivity contribution in [1.29, 1.82) is 0 Å². The first-order valence-electron chi connectivity index (χ1n) is 6.28. The number of carbonyl (C=O) groups is 2. The summed E-state index contributed by atoms with van der Waals surface area (Å²) < 4.78 is 9.86. The maximum Gasteiger partial charge on any atom is 0.407 e. The van der Waals surface area contributed by atoms with Gasteiger partial charge in [-0.1, -0.05) is 0 Å². The molecule has 0 fully saturated rings. The van der Waals surface area contributed by atoms with Gasteiger partial charge in [0, 0.05) is 26.7 Å². The molecule has 0 bridgehead atoms. The SMILES string of the molecule is COCCNC(=O)CNCCNC(=O)OC(C)(C)C. The second kappa shape index (κ2) is 9.57. The van der Waals surface area contributed by atoms with Crippen molar-refractivity contribution in [2.75, 3.05) is 39.9 Å². The van der Waals surface area contributed by atoms with E-state index in [2.05, 4.69) is 16.0 Å². The molecule has 0 saturated carbocycles. The average molecular weight is 275 g/mol. The molecule has 0 aromatic carbocycles. The first kappa shape index (κ1) is 17.7. The zero-order valence-electron chi connectivity index (χ0n) is 12.2. The lowest BCUT2D eigenvalue weighted by atomic mass is 10.2. The lowest BCUT2D eigenvalue weighted by Crippen LogP contribution is -2.40. The molecule has 7 heteroatoms. The Labute approximate surface area is 114 Å². The van der Waals surface area contributed by atoms with Gasteiger partial charge < -0.3 is 25.4 Å². The van der Waals surface area contributed by atoms with Crippen LogP contribution in [0.15, 0.2) is 0 Å². The van der Waals surface area contributed by atoms with Crippen LogP contribution in [0, 0.1) is 0 Å². The highest BCUT2D eigenvalue weighted by Crippen LogP contribution is 2.05. The van der Waals surface area contributed by atoms with Crippen LogP contribution in [0.5, 0.6) is 0 Å². The van der Waals surface area contributed by atoms with Gasteiger partial charge in [-0.3, -0.25) is 4.79 Å². The Kier molecular flexibility index (Phi) is 8.90. The molecule has 0 aromatic rings. The molecule has 3 N–H and O–H groups in total. The smallest absolute Gasteiger partial charge is 0.407 e. The molecule has 0 aliphatic heterocycles. The fourth-order valence-electron chi connectivity index (χ4n) is 1.12. The molecule has 7 nitrogen and oxygen atoms in total. The minimum absolute atomic E-state index is 0.102. The summed E-state index contributed by atoms with van der Waals surface area (Å²) in [6.07, 6.45) is -0.459. The van der Waals surface area contributed by atoms with Crippen molar-refractivity contribution in [3.8, 4) is 0 Å². The van der Waals surface area contributed by atoms with E-state index in [1.54, 1.807) is 27.9 Å². The van der Waals surface area contributed by atoms with E-state index in [1.165, 1.54) is 0 Å². The van der Waals surface area contributed by atoms with Crippen molar-refractivity contribution in [1.82, 2.24) is 16.0 Å². The molecule has 0 heterocycles. The highest BCUT2D eigenvalue weighted by atomic mass is 16.6. The van der Waals surface area contributed by atoms with Gasteiger partial charge in [-0.15, -0.1) is 0 Å². The lowest BCUT2D eigenvalue weighted by Gasteiger charge is -2.19. The summed E-state index contributed by atoms with van der Waals surface area (Å²) >= 11 is 0. The molecule has 0 rings (SSSR count). The largest absolute Gasteiger partial charge is 0.444 e. The summed E-state index contributed by atoms with van der Waals surface area (Å²) in [7, 11) is 1.58. The van der Waals surface area contributed by atoms with Gasteiger partial charge in [-0.25, -0.2) is 4.79 Å². The fourth-order valence-corrected chi connectivity index (χ4v) is 1.12. The predicted molar refractivity (Wildman–Crippen MR) is 72.0 cm³/mol. The second-order valence-electron chi connectivity index (χ2n) is 4.95. The van der Waals surface area contributed by atoms with Crippen molar-refractivity contribution in [3.05, 3.63) is 0 Å². The molecule has 19 heavy (non-hydrogen) atoms. The summed E-state index contributed by atoms with van der Waals surface area (Å²) in [5, 5.41) is 8.17. The summed E-state index contributed by atoms with van der Waals surface area (Å²) in [6, 6.07) is 0. The van der Waals surface area contributed by atoms with Crippen LogP contribution < -0.4 is 16.0 Å². The number of amides is 2. The Balaban J connectivity index is 3.44. The van der Waals surface area contributed by atoms with Gasteiger partial charge in [0.2, 0.25) is 5.91 Å². The van der Waals surface area contributed by atoms with Crippen molar-refractivity contribution >= 4 is 12.0 Å². The van der Waals surface area contributed by atoms with Crippen LogP contribution in [0.1, 0.15) is 20.8 Å². The third-order valence-corrected chi connectivity index (χ3v) is 1.88. The Morgan fingerprint density at radius 3 is 2.32 bits per heavy atom. The van der Waals surface area contributed by atoms with Crippen molar-refractivity contribution in [2.45, 2.75) is 26.4 Å². The highest BCUT2D eigenvalue weighted by molar-refractivity contribution is 5.77. The molecule has 0 aliphatic rings. The molecule has 0 unspecified atom stereocenters. The first-order chi connectivity index (χ1) is 8.85. The van der Waals surface area contributed by atoms with Crippen molar-refractivity contribution < 1.29 is 19.1 Å². The molecule has 0 radical (unpaired) electrons. The van der Waals surface area contributed by atoms with Crippen LogP contribution in [0.2, 0.25) is 0 Å². The summed E-state index contributed by atoms with van der Waals surface area (Å²) in [4.78, 5) is 22.5. The van der Waals surface area contributed by atoms with E-state index in [0.29, 0.717) is 26.2 Å². The van der Waals surface area contributed by atoms with Gasteiger partial charge in [0.1, 0.15) is 5.60 Å². The number of alkyl carbamates (subject to hydrolysis) is 1. The van der Waals surface area contributed by atoms with E-state index >= 15 is 0 Å². The molecule has 0 spiro atoms. The van der Waals surface area contributed by atoms with Crippen LogP contribution >= 0.6 is 0 Å². The minimum Gasteiger partial charge on any atom is -0.444 e. The normalized spacial score (nSPS) is 10.9. The Hall–Kier alpha value is -1.34. The first-order valence-corrected chi connectivity index (χ1v) is 6.28. The van der Waals surface area contributed by atoms with E-state index in [4.69, 9.17) is 9.47 Å². The molecular weight excluding hydrogens is 250 g/mol. The van der Waals surface area contributed by atoms with Crippen LogP contribution in [0.4, 0.5) is 4.79 Å². The number of rotatable bonds is 8. The monoisotopic (exact) mass is 275 g/mol. The van der Waals surface area contributed by atoms with Crippen LogP contribution in [0.3, 0.4) is 0 Å². The zero-order chi connectivity index (χ0) is 14.7. The highest BCUT2D eigenvalue weighted by Gasteiger charge is 2.15. The molecule has 0 atom stereocenters. The fraction of sp³-hybridized carbons (Fsp3) is 0.833. The Morgan fingerprint density at radius 1 is 1.05 bits per heavy atom. The summed E-state index contributed by atoms with van der Waals surface area (Å²) in [5.74, 6) is -0.102. The van der Waals surface area contributed by atoms with Crippen molar-refractivity contribution in [2.24, 2.45) is 0 Å². The third kappa shape index (κ3) is 12.9. The second-order valence-corrected chi connectivity index (χ2v) is 4.95. The van der Waals surface area contributed by atoms with Gasteiger partial charge in [0.15, 0.2) is 0 Å². The average Bonchev–Trinajstić information content (AvgIpc) is 2.26. The predicted octanol–water partition coefficient (Wildman–Crippen LogP) is -0.137. The molecule has 0 aromatic heterocycles. The maximum absolute atomic E-state index is 11.3. The molecular formula is C12H25N3O4. The molecule has 112 valence electrons. The van der Waals surface area contributed by atoms with Crippen LogP contribution in [-0.4, -0.2) is 57.5 Å². The number of ether oxygens (including phenoxy) is 2. The van der Waals surface area contributed by atoms with Gasteiger partial charge in [-0.05, 0) is 20.8 Å². The number of carbonyl (C=O) groups excluding carboxylic acids is 2.